The van der Waals surface area contributed by atoms with Crippen LogP contribution < -0.4 is 5.14 Å². The van der Waals surface area contributed by atoms with E-state index in [0.717, 1.165) is 19.3 Å². The number of H-pyrrole nitrogens is 1. The summed E-state index contributed by atoms with van der Waals surface area (Å²) in [6, 6.07) is 1.48. The van der Waals surface area contributed by atoms with Gasteiger partial charge in [0.2, 0.25) is 10.0 Å². The summed E-state index contributed by atoms with van der Waals surface area (Å²) in [6.45, 7) is 2.71. The maximum absolute atomic E-state index is 12.2. The monoisotopic (exact) mass is 271 g/mol. The van der Waals surface area contributed by atoms with Crippen molar-refractivity contribution < 1.29 is 13.2 Å². The number of hydrogen-bond acceptors (Lipinski definition) is 3. The van der Waals surface area contributed by atoms with E-state index >= 15 is 0 Å². The van der Waals surface area contributed by atoms with Crippen LogP contribution in [0.1, 0.15) is 36.7 Å². The van der Waals surface area contributed by atoms with Crippen LogP contribution in [0.3, 0.4) is 0 Å². The van der Waals surface area contributed by atoms with E-state index in [1.165, 1.54) is 12.3 Å². The topological polar surface area (TPSA) is 96.3 Å². The predicted molar refractivity (Wildman–Crippen MR) is 66.5 cm³/mol. The molecule has 0 spiro atoms. The summed E-state index contributed by atoms with van der Waals surface area (Å²) in [6.07, 6.45) is 4.34. The van der Waals surface area contributed by atoms with Gasteiger partial charge in [-0.3, -0.25) is 4.79 Å². The molecule has 2 rings (SSSR count). The number of primary sulfonamides is 1. The summed E-state index contributed by atoms with van der Waals surface area (Å²) < 4.78 is 22.3. The SMILES string of the molecule is CC1CCCCN1C(=O)c1cc(S(N)(=O)=O)c[nH]1. The number of nitrogens with zero attached hydrogens (tertiary/aromatic N) is 1. The lowest BCUT2D eigenvalue weighted by Gasteiger charge is -2.33. The van der Waals surface area contributed by atoms with Crippen molar-refractivity contribution >= 4 is 15.9 Å². The Morgan fingerprint density at radius 2 is 2.22 bits per heavy atom. The molecule has 1 saturated heterocycles. The molecular weight excluding hydrogens is 254 g/mol. The number of aromatic amines is 1. The normalized spacial score (nSPS) is 21.0. The van der Waals surface area contributed by atoms with Crippen LogP contribution in [0.15, 0.2) is 17.2 Å². The molecule has 0 radical (unpaired) electrons. The number of sulfonamides is 1. The number of hydrogen-bond donors (Lipinski definition) is 2. The number of carbonyl (C=O) groups excluding carboxylic acids is 1. The third-order valence-electron chi connectivity index (χ3n) is 3.28. The molecule has 3 N–H and O–H groups in total. The van der Waals surface area contributed by atoms with Gasteiger partial charge in [0.1, 0.15) is 5.69 Å². The highest BCUT2D eigenvalue weighted by atomic mass is 32.2. The minimum atomic E-state index is -3.76. The molecule has 0 aromatic carbocycles. The van der Waals surface area contributed by atoms with E-state index in [1.54, 1.807) is 4.90 Å². The zero-order valence-corrected chi connectivity index (χ0v) is 11.0. The number of likely N-dealkylation sites (tertiary alicyclic amines) is 1. The second-order valence-electron chi connectivity index (χ2n) is 4.64. The molecule has 1 aromatic rings. The molecule has 1 aliphatic heterocycles. The third-order valence-corrected chi connectivity index (χ3v) is 4.17. The minimum Gasteiger partial charge on any atom is -0.356 e. The highest BCUT2D eigenvalue weighted by Gasteiger charge is 2.25. The summed E-state index contributed by atoms with van der Waals surface area (Å²) in [5.74, 6) is -0.169. The first-order valence-corrected chi connectivity index (χ1v) is 7.46. The van der Waals surface area contributed by atoms with Crippen molar-refractivity contribution in [2.45, 2.75) is 37.1 Å². The molecule has 6 nitrogen and oxygen atoms in total. The molecule has 1 unspecified atom stereocenters. The van der Waals surface area contributed by atoms with E-state index in [-0.39, 0.29) is 22.5 Å². The van der Waals surface area contributed by atoms with E-state index in [9.17, 15) is 13.2 Å². The van der Waals surface area contributed by atoms with Crippen LogP contribution in [0.5, 0.6) is 0 Å². The lowest BCUT2D eigenvalue weighted by Crippen LogP contribution is -2.42. The number of carbonyl (C=O) groups is 1. The van der Waals surface area contributed by atoms with E-state index in [0.29, 0.717) is 6.54 Å². The maximum Gasteiger partial charge on any atom is 0.270 e. The molecular formula is C11H17N3O3S. The van der Waals surface area contributed by atoms with Crippen LogP contribution in [-0.2, 0) is 10.0 Å². The largest absolute Gasteiger partial charge is 0.356 e. The van der Waals surface area contributed by atoms with E-state index < -0.39 is 10.0 Å². The fraction of sp³-hybridized carbons (Fsp3) is 0.545. The molecule has 1 amide bonds. The molecule has 0 bridgehead atoms. The average molecular weight is 271 g/mol. The number of aromatic nitrogens is 1. The number of rotatable bonds is 2. The molecule has 1 aromatic heterocycles. The van der Waals surface area contributed by atoms with Crippen LogP contribution >= 0.6 is 0 Å². The lowest BCUT2D eigenvalue weighted by atomic mass is 10.0. The minimum absolute atomic E-state index is 0.0597. The highest BCUT2D eigenvalue weighted by Crippen LogP contribution is 2.19. The number of nitrogens with one attached hydrogen (secondary N) is 1. The predicted octanol–water partition coefficient (Wildman–Crippen LogP) is 0.677. The molecule has 7 heteroatoms. The summed E-state index contributed by atoms with van der Waals surface area (Å²) >= 11 is 0. The van der Waals surface area contributed by atoms with Crippen LogP contribution in [0.4, 0.5) is 0 Å². The number of nitrogens with two attached hydrogens (primary N) is 1. The van der Waals surface area contributed by atoms with Crippen LogP contribution in [0, 0.1) is 0 Å². The van der Waals surface area contributed by atoms with Crippen molar-refractivity contribution in [3.63, 3.8) is 0 Å². The molecule has 100 valence electrons. The Hall–Kier alpha value is -1.34. The maximum atomic E-state index is 12.2. The molecule has 1 aliphatic rings. The van der Waals surface area contributed by atoms with Gasteiger partial charge in [-0.15, -0.1) is 0 Å². The first-order chi connectivity index (χ1) is 8.39. The van der Waals surface area contributed by atoms with Crippen molar-refractivity contribution in [2.24, 2.45) is 5.14 Å². The summed E-state index contributed by atoms with van der Waals surface area (Å²) in [7, 11) is -3.76. The van der Waals surface area contributed by atoms with Gasteiger partial charge in [0.05, 0.1) is 4.90 Å². The number of piperidine rings is 1. The molecule has 1 atom stereocenters. The summed E-state index contributed by atoms with van der Waals surface area (Å²) in [5, 5.41) is 5.00. The van der Waals surface area contributed by atoms with Gasteiger partial charge in [0, 0.05) is 18.8 Å². The second-order valence-corrected chi connectivity index (χ2v) is 6.20. The fourth-order valence-corrected chi connectivity index (χ4v) is 2.72. The van der Waals surface area contributed by atoms with Gasteiger partial charge in [-0.1, -0.05) is 0 Å². The van der Waals surface area contributed by atoms with Crippen LogP contribution in [0.2, 0.25) is 0 Å². The van der Waals surface area contributed by atoms with Crippen molar-refractivity contribution in [3.05, 3.63) is 18.0 Å². The zero-order chi connectivity index (χ0) is 13.3. The quantitative estimate of drug-likeness (QED) is 0.827. The Morgan fingerprint density at radius 3 is 2.78 bits per heavy atom. The standard InChI is InChI=1S/C11H17N3O3S/c1-8-4-2-3-5-14(8)11(15)10-6-9(7-13-10)18(12,16)17/h6-8,13H,2-5H2,1H3,(H2,12,16,17). The molecule has 18 heavy (non-hydrogen) atoms. The molecule has 1 fully saturated rings. The molecule has 0 saturated carbocycles. The fourth-order valence-electron chi connectivity index (χ4n) is 2.22. The zero-order valence-electron chi connectivity index (χ0n) is 10.2. The van der Waals surface area contributed by atoms with Gasteiger partial charge >= 0.3 is 0 Å². The smallest absolute Gasteiger partial charge is 0.270 e. The summed E-state index contributed by atoms with van der Waals surface area (Å²) in [5.41, 5.74) is 0.271. The highest BCUT2D eigenvalue weighted by molar-refractivity contribution is 7.89. The average Bonchev–Trinajstić information content (AvgIpc) is 2.77. The Labute approximate surface area is 106 Å². The first kappa shape index (κ1) is 13.1. The van der Waals surface area contributed by atoms with Crippen molar-refractivity contribution in [2.75, 3.05) is 6.54 Å². The molecule has 0 aliphatic carbocycles. The van der Waals surface area contributed by atoms with Gasteiger partial charge in [0.25, 0.3) is 5.91 Å². The van der Waals surface area contributed by atoms with E-state index in [1.807, 2.05) is 6.92 Å². The Morgan fingerprint density at radius 1 is 1.50 bits per heavy atom. The Kier molecular flexibility index (Phi) is 3.45. The van der Waals surface area contributed by atoms with Crippen LogP contribution in [0.25, 0.3) is 0 Å². The van der Waals surface area contributed by atoms with Gasteiger partial charge in [-0.25, -0.2) is 13.6 Å². The van der Waals surface area contributed by atoms with Crippen molar-refractivity contribution in [1.29, 1.82) is 0 Å². The van der Waals surface area contributed by atoms with Crippen LogP contribution in [-0.4, -0.2) is 36.8 Å². The van der Waals surface area contributed by atoms with E-state index in [2.05, 4.69) is 4.98 Å². The van der Waals surface area contributed by atoms with E-state index in [4.69, 9.17) is 5.14 Å². The van der Waals surface area contributed by atoms with Crippen molar-refractivity contribution in [1.82, 2.24) is 9.88 Å². The van der Waals surface area contributed by atoms with Crippen molar-refractivity contribution in [3.8, 4) is 0 Å². The molecule has 2 heterocycles. The summed E-state index contributed by atoms with van der Waals surface area (Å²) in [4.78, 5) is 16.6. The van der Waals surface area contributed by atoms with Gasteiger partial charge in [-0.2, -0.15) is 0 Å². The number of amides is 1. The Balaban J connectivity index is 2.21. The van der Waals surface area contributed by atoms with Gasteiger partial charge < -0.3 is 9.88 Å². The third kappa shape index (κ3) is 2.56. The Bertz CT molecular complexity index is 550. The first-order valence-electron chi connectivity index (χ1n) is 5.92. The second kappa shape index (κ2) is 4.74. The lowest BCUT2D eigenvalue weighted by molar-refractivity contribution is 0.0630. The van der Waals surface area contributed by atoms with Gasteiger partial charge in [0.15, 0.2) is 0 Å². The van der Waals surface area contributed by atoms with Gasteiger partial charge in [-0.05, 0) is 32.3 Å².